The van der Waals surface area contributed by atoms with E-state index in [1.165, 1.54) is 24.3 Å². The summed E-state index contributed by atoms with van der Waals surface area (Å²) >= 11 is 0. The summed E-state index contributed by atoms with van der Waals surface area (Å²) in [5.41, 5.74) is -0.141. The highest BCUT2D eigenvalue weighted by molar-refractivity contribution is 6.06. The Morgan fingerprint density at radius 3 is 2.52 bits per heavy atom. The zero-order valence-electron chi connectivity index (χ0n) is 12.9. The van der Waals surface area contributed by atoms with Gasteiger partial charge in [-0.25, -0.2) is 4.79 Å². The summed E-state index contributed by atoms with van der Waals surface area (Å²) in [4.78, 5) is 23.4. The highest BCUT2D eigenvalue weighted by Crippen LogP contribution is 2.23. The van der Waals surface area contributed by atoms with Crippen LogP contribution < -0.4 is 5.32 Å². The number of rotatable bonds is 3. The number of nitrogens with one attached hydrogen (secondary N) is 1. The highest BCUT2D eigenvalue weighted by atomic mass is 16.5. The monoisotopic (exact) mass is 313 g/mol. The van der Waals surface area contributed by atoms with Gasteiger partial charge in [0.1, 0.15) is 5.76 Å². The van der Waals surface area contributed by atoms with Crippen LogP contribution in [0.2, 0.25) is 0 Å². The Hall–Kier alpha value is -3.14. The Balaban J connectivity index is 2.29. The van der Waals surface area contributed by atoms with Crippen molar-refractivity contribution in [3.63, 3.8) is 0 Å². The van der Waals surface area contributed by atoms with Crippen LogP contribution in [-0.2, 0) is 5.41 Å². The van der Waals surface area contributed by atoms with E-state index in [1.807, 2.05) is 26.8 Å². The van der Waals surface area contributed by atoms with Gasteiger partial charge in [-0.3, -0.25) is 4.79 Å². The number of nitrogens with zero attached hydrogens (tertiary/aromatic N) is 2. The molecular weight excluding hydrogens is 298 g/mol. The van der Waals surface area contributed by atoms with Crippen LogP contribution in [-0.4, -0.2) is 22.1 Å². The van der Waals surface area contributed by atoms with Crippen molar-refractivity contribution < 1.29 is 19.2 Å². The average Bonchev–Trinajstić information content (AvgIpc) is 2.97. The molecule has 0 aliphatic heterocycles. The van der Waals surface area contributed by atoms with Crippen LogP contribution >= 0.6 is 0 Å². The predicted molar refractivity (Wildman–Crippen MR) is 81.3 cm³/mol. The number of aromatic carboxylic acids is 1. The molecule has 23 heavy (non-hydrogen) atoms. The molecule has 1 aromatic carbocycles. The molecule has 2 rings (SSSR count). The van der Waals surface area contributed by atoms with E-state index in [9.17, 15) is 14.7 Å². The van der Waals surface area contributed by atoms with Gasteiger partial charge in [0, 0.05) is 11.5 Å². The molecule has 118 valence electrons. The molecule has 0 fully saturated rings. The summed E-state index contributed by atoms with van der Waals surface area (Å²) in [5.74, 6) is -1.29. The molecular formula is C16H15N3O4. The number of anilines is 1. The van der Waals surface area contributed by atoms with Gasteiger partial charge in [0.15, 0.2) is 5.69 Å². The molecule has 0 saturated heterocycles. The number of carboxylic acid groups (broad SMARTS) is 1. The van der Waals surface area contributed by atoms with Gasteiger partial charge >= 0.3 is 5.97 Å². The van der Waals surface area contributed by atoms with Gasteiger partial charge in [-0.1, -0.05) is 25.9 Å². The van der Waals surface area contributed by atoms with Crippen LogP contribution in [0.5, 0.6) is 0 Å². The molecule has 0 bridgehead atoms. The minimum Gasteiger partial charge on any atom is -0.478 e. The normalized spacial score (nSPS) is 10.9. The minimum atomic E-state index is -1.24. The molecule has 0 atom stereocenters. The fourth-order valence-corrected chi connectivity index (χ4v) is 1.82. The summed E-state index contributed by atoms with van der Waals surface area (Å²) in [5, 5.41) is 24.2. The van der Waals surface area contributed by atoms with Gasteiger partial charge in [0.05, 0.1) is 22.9 Å². The highest BCUT2D eigenvalue weighted by Gasteiger charge is 2.23. The second kappa shape index (κ2) is 5.93. The summed E-state index contributed by atoms with van der Waals surface area (Å²) in [6.07, 6.45) is 0. The molecule has 1 amide bonds. The molecule has 0 aliphatic carbocycles. The molecule has 0 aliphatic rings. The fraction of sp³-hybridized carbons (Fsp3) is 0.250. The predicted octanol–water partition coefficient (Wildman–Crippen LogP) is 2.79. The topological polar surface area (TPSA) is 116 Å². The Labute approximate surface area is 132 Å². The van der Waals surface area contributed by atoms with Crippen molar-refractivity contribution in [3.8, 4) is 6.07 Å². The van der Waals surface area contributed by atoms with Crippen molar-refractivity contribution in [2.24, 2.45) is 0 Å². The molecule has 2 aromatic rings. The summed E-state index contributed by atoms with van der Waals surface area (Å²) in [6.45, 7) is 5.75. The van der Waals surface area contributed by atoms with E-state index >= 15 is 0 Å². The molecule has 0 radical (unpaired) electrons. The van der Waals surface area contributed by atoms with Crippen molar-refractivity contribution in [3.05, 3.63) is 46.8 Å². The van der Waals surface area contributed by atoms with E-state index in [1.54, 1.807) is 0 Å². The van der Waals surface area contributed by atoms with Crippen molar-refractivity contribution in [2.45, 2.75) is 26.2 Å². The number of amides is 1. The van der Waals surface area contributed by atoms with Gasteiger partial charge in [0.25, 0.3) is 5.91 Å². The number of nitriles is 1. The molecule has 1 aromatic heterocycles. The largest absolute Gasteiger partial charge is 0.478 e. The summed E-state index contributed by atoms with van der Waals surface area (Å²) in [6, 6.07) is 7.35. The Bertz CT molecular complexity index is 809. The maximum absolute atomic E-state index is 12.2. The zero-order chi connectivity index (χ0) is 17.2. The molecule has 7 nitrogen and oxygen atoms in total. The molecule has 0 unspecified atom stereocenters. The fourth-order valence-electron chi connectivity index (χ4n) is 1.82. The molecule has 2 N–H and O–H groups in total. The third-order valence-electron chi connectivity index (χ3n) is 3.11. The standard InChI is InChI=1S/C16H15N3O4/c1-16(2,3)13-7-12(19-23-13)14(20)18-11-5-4-9(8-17)6-10(11)15(21)22/h4-7H,1-3H3,(H,18,20)(H,21,22). The second-order valence-corrected chi connectivity index (χ2v) is 5.96. The lowest BCUT2D eigenvalue weighted by Crippen LogP contribution is -2.15. The number of benzene rings is 1. The zero-order valence-corrected chi connectivity index (χ0v) is 12.9. The summed E-state index contributed by atoms with van der Waals surface area (Å²) in [7, 11) is 0. The van der Waals surface area contributed by atoms with Crippen molar-refractivity contribution in [2.75, 3.05) is 5.32 Å². The van der Waals surface area contributed by atoms with Gasteiger partial charge in [-0.05, 0) is 18.2 Å². The molecule has 1 heterocycles. The average molecular weight is 313 g/mol. The maximum Gasteiger partial charge on any atom is 0.337 e. The van der Waals surface area contributed by atoms with E-state index in [0.717, 1.165) is 0 Å². The SMILES string of the molecule is CC(C)(C)c1cc(C(=O)Nc2ccc(C#N)cc2C(=O)O)no1. The smallest absolute Gasteiger partial charge is 0.337 e. The second-order valence-electron chi connectivity index (χ2n) is 5.96. The maximum atomic E-state index is 12.2. The number of carbonyl (C=O) groups is 2. The third kappa shape index (κ3) is 3.55. The molecule has 7 heteroatoms. The third-order valence-corrected chi connectivity index (χ3v) is 3.11. The van der Waals surface area contributed by atoms with Crippen molar-refractivity contribution in [1.29, 1.82) is 5.26 Å². The number of carbonyl (C=O) groups excluding carboxylic acids is 1. The lowest BCUT2D eigenvalue weighted by atomic mass is 9.93. The number of aromatic nitrogens is 1. The first kappa shape index (κ1) is 16.2. The minimum absolute atomic E-state index is 0.0515. The molecule has 0 spiro atoms. The van der Waals surface area contributed by atoms with Gasteiger partial charge in [0.2, 0.25) is 0 Å². The van der Waals surface area contributed by atoms with Gasteiger partial charge in [-0.2, -0.15) is 5.26 Å². The summed E-state index contributed by atoms with van der Waals surface area (Å²) < 4.78 is 5.13. The van der Waals surface area contributed by atoms with Crippen molar-refractivity contribution in [1.82, 2.24) is 5.16 Å². The Kier molecular flexibility index (Phi) is 4.18. The van der Waals surface area contributed by atoms with Crippen LogP contribution in [0.15, 0.2) is 28.8 Å². The van der Waals surface area contributed by atoms with Gasteiger partial charge in [-0.15, -0.1) is 0 Å². The first-order valence-corrected chi connectivity index (χ1v) is 6.78. The van der Waals surface area contributed by atoms with Crippen LogP contribution in [0.4, 0.5) is 5.69 Å². The lowest BCUT2D eigenvalue weighted by Gasteiger charge is -2.12. The van der Waals surface area contributed by atoms with E-state index in [-0.39, 0.29) is 27.9 Å². The van der Waals surface area contributed by atoms with Crippen molar-refractivity contribution >= 4 is 17.6 Å². The first-order valence-electron chi connectivity index (χ1n) is 6.78. The van der Waals surface area contributed by atoms with E-state index in [4.69, 9.17) is 9.78 Å². The number of hydrogen-bond acceptors (Lipinski definition) is 5. The number of hydrogen-bond donors (Lipinski definition) is 2. The van der Waals surface area contributed by atoms with Crippen LogP contribution in [0, 0.1) is 11.3 Å². The van der Waals surface area contributed by atoms with Crippen LogP contribution in [0.1, 0.15) is 52.9 Å². The molecule has 0 saturated carbocycles. The van der Waals surface area contributed by atoms with Crippen LogP contribution in [0.3, 0.4) is 0 Å². The quantitative estimate of drug-likeness (QED) is 0.900. The van der Waals surface area contributed by atoms with E-state index in [0.29, 0.717) is 5.76 Å². The lowest BCUT2D eigenvalue weighted by molar-refractivity contribution is 0.0698. The Morgan fingerprint density at radius 2 is 2.00 bits per heavy atom. The first-order chi connectivity index (χ1) is 10.7. The van der Waals surface area contributed by atoms with Gasteiger partial charge < -0.3 is 14.9 Å². The van der Waals surface area contributed by atoms with E-state index < -0.39 is 11.9 Å². The van der Waals surface area contributed by atoms with E-state index in [2.05, 4.69) is 10.5 Å². The Morgan fingerprint density at radius 1 is 1.30 bits per heavy atom. The number of carboxylic acids is 1. The van der Waals surface area contributed by atoms with Crippen LogP contribution in [0.25, 0.3) is 0 Å².